The molecule has 3 aliphatic rings. The van der Waals surface area contributed by atoms with Crippen molar-refractivity contribution < 1.29 is 19.4 Å². The van der Waals surface area contributed by atoms with Gasteiger partial charge in [0.15, 0.2) is 0 Å². The van der Waals surface area contributed by atoms with Crippen LogP contribution in [-0.4, -0.2) is 52.1 Å². The number of para-hydroxylation sites is 1. The first-order valence-corrected chi connectivity index (χ1v) is 11.5. The summed E-state index contributed by atoms with van der Waals surface area (Å²) >= 11 is 0. The number of nitrogens with zero attached hydrogens (tertiary/aromatic N) is 2. The maximum absolute atomic E-state index is 12.9. The second kappa shape index (κ2) is 8.01. The van der Waals surface area contributed by atoms with Gasteiger partial charge in [-0.2, -0.15) is 0 Å². The fourth-order valence-corrected chi connectivity index (χ4v) is 5.58. The lowest BCUT2D eigenvalue weighted by Crippen LogP contribution is -2.44. The third-order valence-corrected chi connectivity index (χ3v) is 7.08. The van der Waals surface area contributed by atoms with Gasteiger partial charge in [-0.05, 0) is 69.4 Å². The quantitative estimate of drug-likeness (QED) is 0.603. The Kier molecular flexibility index (Phi) is 5.16. The molecule has 2 aromatic rings. The molecule has 2 fully saturated rings. The molecule has 2 unspecified atom stereocenters. The van der Waals surface area contributed by atoms with Crippen molar-refractivity contribution in [2.75, 3.05) is 13.1 Å². The third-order valence-electron chi connectivity index (χ3n) is 7.08. The lowest BCUT2D eigenvalue weighted by atomic mass is 9.83. The first-order valence-electron chi connectivity index (χ1n) is 11.5. The molecule has 2 saturated heterocycles. The molecule has 32 heavy (non-hydrogen) atoms. The van der Waals surface area contributed by atoms with E-state index in [4.69, 9.17) is 4.74 Å². The molecule has 0 radical (unpaired) electrons. The van der Waals surface area contributed by atoms with Gasteiger partial charge in [0.05, 0.1) is 0 Å². The lowest BCUT2D eigenvalue weighted by molar-refractivity contribution is 0.0772. The lowest BCUT2D eigenvalue weighted by Gasteiger charge is -2.36. The Morgan fingerprint density at radius 3 is 2.31 bits per heavy atom. The van der Waals surface area contributed by atoms with Gasteiger partial charge in [-0.25, -0.2) is 4.79 Å². The molecule has 6 nitrogen and oxygen atoms in total. The van der Waals surface area contributed by atoms with Gasteiger partial charge < -0.3 is 19.6 Å². The van der Waals surface area contributed by atoms with Crippen molar-refractivity contribution in [3.8, 4) is 11.5 Å². The van der Waals surface area contributed by atoms with Crippen LogP contribution in [0.2, 0.25) is 0 Å². The molecule has 2 aromatic carbocycles. The van der Waals surface area contributed by atoms with E-state index < -0.39 is 6.09 Å². The number of amides is 2. The molecular weight excluding hydrogens is 404 g/mol. The number of carbonyl (C=O) groups excluding carboxylic acids is 1. The van der Waals surface area contributed by atoms with Crippen LogP contribution in [0.4, 0.5) is 4.79 Å². The van der Waals surface area contributed by atoms with Crippen molar-refractivity contribution in [2.24, 2.45) is 0 Å². The minimum Gasteiger partial charge on any atom is -0.465 e. The molecule has 0 aromatic heterocycles. The Labute approximate surface area is 188 Å². The molecule has 5 rings (SSSR count). The molecule has 2 atom stereocenters. The van der Waals surface area contributed by atoms with Gasteiger partial charge in [-0.1, -0.05) is 23.8 Å². The summed E-state index contributed by atoms with van der Waals surface area (Å²) in [5, 5.41) is 9.65. The number of ether oxygens (including phenoxy) is 1. The van der Waals surface area contributed by atoms with Crippen molar-refractivity contribution in [3.05, 3.63) is 64.7 Å². The van der Waals surface area contributed by atoms with E-state index in [9.17, 15) is 14.7 Å². The average Bonchev–Trinajstić information content (AvgIpc) is 3.08. The highest BCUT2D eigenvalue weighted by Crippen LogP contribution is 2.49. The molecule has 166 valence electrons. The molecule has 2 bridgehead atoms. The summed E-state index contributed by atoms with van der Waals surface area (Å²) in [7, 11) is 0. The zero-order valence-electron chi connectivity index (χ0n) is 18.5. The Balaban J connectivity index is 1.60. The van der Waals surface area contributed by atoms with Crippen molar-refractivity contribution >= 4 is 17.6 Å². The number of fused-ring (bicyclic) bond motifs is 4. The molecular formula is C26H28N2O4. The smallest absolute Gasteiger partial charge is 0.407 e. The normalized spacial score (nSPS) is 21.0. The first kappa shape index (κ1) is 20.6. The van der Waals surface area contributed by atoms with E-state index in [1.54, 1.807) is 9.80 Å². The standard InChI is InChI=1S/C26H28N2O4/c1-3-27(4-2)25(29)16-9-12-21-23(15-16)32-22-8-6-5-7-20(22)24(21)17-13-18-10-11-19(14-17)28(18)26(30)31/h5-9,12,15,18-19H,3-4,10-11,13-14H2,1-2H3,(H,30,31). The fraction of sp³-hybridized carbons (Fsp3) is 0.385. The summed E-state index contributed by atoms with van der Waals surface area (Å²) in [5.74, 6) is 1.47. The Bertz CT molecular complexity index is 1100. The van der Waals surface area contributed by atoms with Crippen molar-refractivity contribution in [3.63, 3.8) is 0 Å². The fourth-order valence-electron chi connectivity index (χ4n) is 5.58. The van der Waals surface area contributed by atoms with Crippen LogP contribution in [0.3, 0.4) is 0 Å². The summed E-state index contributed by atoms with van der Waals surface area (Å²) < 4.78 is 6.26. The molecule has 3 aliphatic heterocycles. The largest absolute Gasteiger partial charge is 0.465 e. The number of rotatable bonds is 3. The number of benzene rings is 2. The number of hydrogen-bond donors (Lipinski definition) is 1. The predicted molar refractivity (Wildman–Crippen MR) is 122 cm³/mol. The van der Waals surface area contributed by atoms with E-state index in [1.165, 1.54) is 5.57 Å². The summed E-state index contributed by atoms with van der Waals surface area (Å²) in [4.78, 5) is 28.1. The molecule has 6 heteroatoms. The molecule has 1 N–H and O–H groups in total. The van der Waals surface area contributed by atoms with Crippen LogP contribution in [0.1, 0.15) is 61.0 Å². The SMILES string of the molecule is CCN(CC)C(=O)c1ccc2c(c1)Oc1ccccc1C2=C1CC2CCC(C1)N2C(=O)O. The highest BCUT2D eigenvalue weighted by molar-refractivity contribution is 5.97. The summed E-state index contributed by atoms with van der Waals surface area (Å²) in [5.41, 5.74) is 5.08. The van der Waals surface area contributed by atoms with E-state index in [0.29, 0.717) is 24.4 Å². The predicted octanol–water partition coefficient (Wildman–Crippen LogP) is 5.38. The summed E-state index contributed by atoms with van der Waals surface area (Å²) in [6, 6.07) is 13.8. The topological polar surface area (TPSA) is 70.1 Å². The maximum atomic E-state index is 12.9. The number of piperidine rings is 1. The van der Waals surface area contributed by atoms with Crippen LogP contribution >= 0.6 is 0 Å². The zero-order valence-corrected chi connectivity index (χ0v) is 18.5. The van der Waals surface area contributed by atoms with Crippen LogP contribution in [0.5, 0.6) is 11.5 Å². The second-order valence-corrected chi connectivity index (χ2v) is 8.75. The third kappa shape index (κ3) is 3.25. The average molecular weight is 433 g/mol. The number of hydrogen-bond acceptors (Lipinski definition) is 3. The van der Waals surface area contributed by atoms with Gasteiger partial charge in [0.25, 0.3) is 5.91 Å². The zero-order chi connectivity index (χ0) is 22.4. The van der Waals surface area contributed by atoms with Crippen molar-refractivity contribution in [1.82, 2.24) is 9.80 Å². The van der Waals surface area contributed by atoms with Gasteiger partial charge >= 0.3 is 6.09 Å². The second-order valence-electron chi connectivity index (χ2n) is 8.75. The minimum atomic E-state index is -0.811. The van der Waals surface area contributed by atoms with Crippen molar-refractivity contribution in [2.45, 2.75) is 51.6 Å². The van der Waals surface area contributed by atoms with E-state index in [0.717, 1.165) is 48.1 Å². The van der Waals surface area contributed by atoms with Crippen molar-refractivity contribution in [1.29, 1.82) is 0 Å². The van der Waals surface area contributed by atoms with Gasteiger partial charge in [0.2, 0.25) is 0 Å². The van der Waals surface area contributed by atoms with E-state index in [2.05, 4.69) is 6.07 Å². The Morgan fingerprint density at radius 2 is 1.66 bits per heavy atom. The van der Waals surface area contributed by atoms with Gasteiger partial charge in [0.1, 0.15) is 11.5 Å². The monoisotopic (exact) mass is 432 g/mol. The minimum absolute atomic E-state index is 0.00210. The molecule has 2 amide bonds. The molecule has 0 saturated carbocycles. The molecule has 0 spiro atoms. The van der Waals surface area contributed by atoms with Crippen LogP contribution in [-0.2, 0) is 0 Å². The molecule has 0 aliphatic carbocycles. The maximum Gasteiger partial charge on any atom is 0.407 e. The van der Waals surface area contributed by atoms with Crippen LogP contribution in [0.15, 0.2) is 48.0 Å². The van der Waals surface area contributed by atoms with E-state index >= 15 is 0 Å². The highest BCUT2D eigenvalue weighted by Gasteiger charge is 2.43. The van der Waals surface area contributed by atoms with Crippen LogP contribution in [0.25, 0.3) is 5.57 Å². The number of carbonyl (C=O) groups is 2. The summed E-state index contributed by atoms with van der Waals surface area (Å²) in [6.07, 6.45) is 2.50. The highest BCUT2D eigenvalue weighted by atomic mass is 16.5. The summed E-state index contributed by atoms with van der Waals surface area (Å²) in [6.45, 7) is 5.28. The Hall–Kier alpha value is -3.28. The van der Waals surface area contributed by atoms with E-state index in [1.807, 2.05) is 50.2 Å². The van der Waals surface area contributed by atoms with Crippen LogP contribution < -0.4 is 4.74 Å². The first-order chi connectivity index (χ1) is 15.5. The van der Waals surface area contributed by atoms with Gasteiger partial charge in [-0.15, -0.1) is 0 Å². The van der Waals surface area contributed by atoms with Gasteiger partial charge in [-0.3, -0.25) is 4.79 Å². The Morgan fingerprint density at radius 1 is 1.00 bits per heavy atom. The number of carboxylic acid groups (broad SMARTS) is 1. The van der Waals surface area contributed by atoms with E-state index in [-0.39, 0.29) is 18.0 Å². The van der Waals surface area contributed by atoms with Gasteiger partial charge in [0, 0.05) is 41.9 Å². The van der Waals surface area contributed by atoms with Crippen LogP contribution in [0, 0.1) is 0 Å². The molecule has 3 heterocycles.